The molecular weight excluding hydrogens is 240 g/mol. The highest BCUT2D eigenvalue weighted by molar-refractivity contribution is 5.94. The molecule has 1 N–H and O–H groups in total. The summed E-state index contributed by atoms with van der Waals surface area (Å²) >= 11 is 0. The van der Waals surface area contributed by atoms with E-state index in [4.69, 9.17) is 0 Å². The first-order chi connectivity index (χ1) is 9.18. The molecule has 0 radical (unpaired) electrons. The van der Waals surface area contributed by atoms with E-state index in [1.54, 1.807) is 17.3 Å². The van der Waals surface area contributed by atoms with Crippen molar-refractivity contribution in [3.8, 4) is 0 Å². The fourth-order valence-electron chi connectivity index (χ4n) is 2.38. The lowest BCUT2D eigenvalue weighted by molar-refractivity contribution is -0.122. The number of anilines is 1. The predicted octanol–water partition coefficient (Wildman–Crippen LogP) is 0.586. The van der Waals surface area contributed by atoms with Crippen molar-refractivity contribution in [2.24, 2.45) is 5.92 Å². The predicted molar refractivity (Wildman–Crippen MR) is 76.1 cm³/mol. The first-order valence-corrected chi connectivity index (χ1v) is 6.79. The number of nitrogens with one attached hydrogen (secondary N) is 1. The van der Waals surface area contributed by atoms with Crippen LogP contribution in [-0.4, -0.2) is 55.6 Å². The molecule has 2 heterocycles. The van der Waals surface area contributed by atoms with E-state index in [1.165, 1.54) is 0 Å². The molecule has 104 valence electrons. The maximum absolute atomic E-state index is 12.4. The molecular formula is C14H22N4O. The largest absolute Gasteiger partial charge is 0.315 e. The molecule has 5 nitrogen and oxygen atoms in total. The summed E-state index contributed by atoms with van der Waals surface area (Å²) in [5.41, 5.74) is 0.896. The summed E-state index contributed by atoms with van der Waals surface area (Å²) in [6, 6.07) is 3.71. The van der Waals surface area contributed by atoms with Crippen molar-refractivity contribution in [1.82, 2.24) is 15.2 Å². The van der Waals surface area contributed by atoms with E-state index < -0.39 is 0 Å². The Morgan fingerprint density at radius 2 is 2.05 bits per heavy atom. The lowest BCUT2D eigenvalue weighted by Crippen LogP contribution is -2.47. The maximum Gasteiger partial charge on any atom is 0.230 e. The molecule has 2 rings (SSSR count). The minimum atomic E-state index is 0.0104. The SMILES string of the molecule is CC(CN1CCNCC1)C(=O)N(C)c1ccncc1. The van der Waals surface area contributed by atoms with Crippen molar-refractivity contribution in [2.75, 3.05) is 44.7 Å². The quantitative estimate of drug-likeness (QED) is 0.862. The third-order valence-electron chi connectivity index (χ3n) is 3.54. The topological polar surface area (TPSA) is 48.5 Å². The van der Waals surface area contributed by atoms with Gasteiger partial charge in [-0.15, -0.1) is 0 Å². The molecule has 1 saturated heterocycles. The summed E-state index contributed by atoms with van der Waals surface area (Å²) in [6.07, 6.45) is 3.42. The van der Waals surface area contributed by atoms with Crippen molar-refractivity contribution in [3.63, 3.8) is 0 Å². The number of piperazine rings is 1. The van der Waals surface area contributed by atoms with Gasteiger partial charge in [0.05, 0.1) is 0 Å². The fourth-order valence-corrected chi connectivity index (χ4v) is 2.38. The highest BCUT2D eigenvalue weighted by atomic mass is 16.2. The first kappa shape index (κ1) is 14.0. The van der Waals surface area contributed by atoms with Crippen molar-refractivity contribution >= 4 is 11.6 Å². The van der Waals surface area contributed by atoms with Crippen molar-refractivity contribution in [3.05, 3.63) is 24.5 Å². The van der Waals surface area contributed by atoms with E-state index in [9.17, 15) is 4.79 Å². The highest BCUT2D eigenvalue weighted by Gasteiger charge is 2.22. The fraction of sp³-hybridized carbons (Fsp3) is 0.571. The molecule has 1 unspecified atom stereocenters. The molecule has 1 aliphatic rings. The lowest BCUT2D eigenvalue weighted by atomic mass is 10.1. The second kappa shape index (κ2) is 6.63. The molecule has 1 aromatic heterocycles. The number of aromatic nitrogens is 1. The van der Waals surface area contributed by atoms with Gasteiger partial charge >= 0.3 is 0 Å². The highest BCUT2D eigenvalue weighted by Crippen LogP contribution is 2.14. The zero-order chi connectivity index (χ0) is 13.7. The second-order valence-corrected chi connectivity index (χ2v) is 5.05. The number of pyridine rings is 1. The number of carbonyl (C=O) groups excluding carboxylic acids is 1. The Morgan fingerprint density at radius 3 is 2.68 bits per heavy atom. The van der Waals surface area contributed by atoms with Crippen LogP contribution in [0.1, 0.15) is 6.92 Å². The summed E-state index contributed by atoms with van der Waals surface area (Å²) in [5.74, 6) is 0.168. The van der Waals surface area contributed by atoms with Crippen LogP contribution in [0.4, 0.5) is 5.69 Å². The third kappa shape index (κ3) is 3.75. The van der Waals surface area contributed by atoms with Crippen LogP contribution in [-0.2, 0) is 4.79 Å². The average Bonchev–Trinajstić information content (AvgIpc) is 2.47. The third-order valence-corrected chi connectivity index (χ3v) is 3.54. The van der Waals surface area contributed by atoms with Crippen LogP contribution < -0.4 is 10.2 Å². The standard InChI is InChI=1S/C14H22N4O/c1-12(11-18-9-7-16-8-10-18)14(19)17(2)13-3-5-15-6-4-13/h3-6,12,16H,7-11H2,1-2H3. The molecule has 0 aromatic carbocycles. The van der Waals surface area contributed by atoms with E-state index in [0.717, 1.165) is 38.4 Å². The van der Waals surface area contributed by atoms with Crippen LogP contribution in [0.3, 0.4) is 0 Å². The van der Waals surface area contributed by atoms with Crippen molar-refractivity contribution in [1.29, 1.82) is 0 Å². The zero-order valence-electron chi connectivity index (χ0n) is 11.7. The Morgan fingerprint density at radius 1 is 1.42 bits per heavy atom. The summed E-state index contributed by atoms with van der Waals surface area (Å²) < 4.78 is 0. The average molecular weight is 262 g/mol. The Labute approximate surface area is 114 Å². The maximum atomic E-state index is 12.4. The van der Waals surface area contributed by atoms with Crippen LogP contribution in [0, 0.1) is 5.92 Å². The summed E-state index contributed by atoms with van der Waals surface area (Å²) in [5, 5.41) is 3.32. The molecule has 0 spiro atoms. The van der Waals surface area contributed by atoms with Gasteiger partial charge in [-0.3, -0.25) is 9.78 Å². The Hall–Kier alpha value is -1.46. The van der Waals surface area contributed by atoms with E-state index in [-0.39, 0.29) is 11.8 Å². The number of rotatable bonds is 4. The normalized spacial score (nSPS) is 18.0. The van der Waals surface area contributed by atoms with Gasteiger partial charge in [0.1, 0.15) is 0 Å². The monoisotopic (exact) mass is 262 g/mol. The van der Waals surface area contributed by atoms with Gasteiger partial charge < -0.3 is 15.1 Å². The second-order valence-electron chi connectivity index (χ2n) is 5.05. The molecule has 0 bridgehead atoms. The number of amides is 1. The van der Waals surface area contributed by atoms with Crippen LogP contribution in [0.2, 0.25) is 0 Å². The molecule has 1 atom stereocenters. The van der Waals surface area contributed by atoms with Gasteiger partial charge in [0.2, 0.25) is 5.91 Å². The van der Waals surface area contributed by atoms with Crippen LogP contribution in [0.25, 0.3) is 0 Å². The number of hydrogen-bond acceptors (Lipinski definition) is 4. The zero-order valence-corrected chi connectivity index (χ0v) is 11.7. The molecule has 1 amide bonds. The number of nitrogens with zero attached hydrogens (tertiary/aromatic N) is 3. The van der Waals surface area contributed by atoms with Gasteiger partial charge in [0, 0.05) is 63.8 Å². The van der Waals surface area contributed by atoms with Crippen molar-refractivity contribution < 1.29 is 4.79 Å². The van der Waals surface area contributed by atoms with Crippen molar-refractivity contribution in [2.45, 2.75) is 6.92 Å². The Balaban J connectivity index is 1.91. The summed E-state index contributed by atoms with van der Waals surface area (Å²) in [6.45, 7) is 6.91. The van der Waals surface area contributed by atoms with Gasteiger partial charge in [0.15, 0.2) is 0 Å². The van der Waals surface area contributed by atoms with Crippen LogP contribution in [0.15, 0.2) is 24.5 Å². The van der Waals surface area contributed by atoms with E-state index in [1.807, 2.05) is 26.1 Å². The van der Waals surface area contributed by atoms with E-state index >= 15 is 0 Å². The number of carbonyl (C=O) groups is 1. The molecule has 5 heteroatoms. The lowest BCUT2D eigenvalue weighted by Gasteiger charge is -2.30. The molecule has 0 saturated carbocycles. The molecule has 1 aliphatic heterocycles. The minimum Gasteiger partial charge on any atom is -0.315 e. The minimum absolute atomic E-state index is 0.0104. The van der Waals surface area contributed by atoms with E-state index in [2.05, 4.69) is 15.2 Å². The number of hydrogen-bond donors (Lipinski definition) is 1. The van der Waals surface area contributed by atoms with Gasteiger partial charge in [-0.05, 0) is 12.1 Å². The molecule has 19 heavy (non-hydrogen) atoms. The Bertz CT molecular complexity index is 403. The first-order valence-electron chi connectivity index (χ1n) is 6.79. The van der Waals surface area contributed by atoms with Gasteiger partial charge in [-0.1, -0.05) is 6.92 Å². The molecule has 1 aromatic rings. The molecule has 0 aliphatic carbocycles. The smallest absolute Gasteiger partial charge is 0.230 e. The summed E-state index contributed by atoms with van der Waals surface area (Å²) in [4.78, 5) is 20.4. The van der Waals surface area contributed by atoms with Gasteiger partial charge in [-0.25, -0.2) is 0 Å². The molecule has 1 fully saturated rings. The van der Waals surface area contributed by atoms with Gasteiger partial charge in [0.25, 0.3) is 0 Å². The van der Waals surface area contributed by atoms with E-state index in [0.29, 0.717) is 0 Å². The van der Waals surface area contributed by atoms with Gasteiger partial charge in [-0.2, -0.15) is 0 Å². The van der Waals surface area contributed by atoms with Crippen LogP contribution in [0.5, 0.6) is 0 Å². The Kier molecular flexibility index (Phi) is 4.87. The van der Waals surface area contributed by atoms with Crippen LogP contribution >= 0.6 is 0 Å². The summed E-state index contributed by atoms with van der Waals surface area (Å²) in [7, 11) is 1.83.